The summed E-state index contributed by atoms with van der Waals surface area (Å²) < 4.78 is 9.56. The molecule has 0 atom stereocenters. The summed E-state index contributed by atoms with van der Waals surface area (Å²) >= 11 is 6.28. The van der Waals surface area contributed by atoms with Crippen LogP contribution in [0, 0.1) is 0 Å². The molecule has 142 valence electrons. The molecule has 2 heterocycles. The van der Waals surface area contributed by atoms with E-state index in [2.05, 4.69) is 25.9 Å². The van der Waals surface area contributed by atoms with Crippen LogP contribution in [0.1, 0.15) is 17.3 Å². The van der Waals surface area contributed by atoms with Gasteiger partial charge >= 0.3 is 5.97 Å². The van der Waals surface area contributed by atoms with E-state index in [0.29, 0.717) is 17.0 Å². The molecule has 0 aliphatic heterocycles. The number of esters is 1. The summed E-state index contributed by atoms with van der Waals surface area (Å²) in [5.74, 6) is -0.733. The van der Waals surface area contributed by atoms with Gasteiger partial charge in [-0.15, -0.1) is 11.3 Å². The van der Waals surface area contributed by atoms with Crippen molar-refractivity contribution in [1.82, 2.24) is 9.55 Å². The van der Waals surface area contributed by atoms with Gasteiger partial charge in [-0.2, -0.15) is 4.99 Å². The Balaban J connectivity index is 1.81. The minimum absolute atomic E-state index is 0.00450. The van der Waals surface area contributed by atoms with Crippen LogP contribution in [0.4, 0.5) is 0 Å². The van der Waals surface area contributed by atoms with E-state index in [4.69, 9.17) is 4.74 Å². The fourth-order valence-corrected chi connectivity index (χ4v) is 5.06. The topological polar surface area (TPSA) is 73.6 Å². The van der Waals surface area contributed by atoms with Crippen molar-refractivity contribution < 1.29 is 14.3 Å². The molecule has 0 fully saturated rings. The number of aromatic nitrogens is 2. The van der Waals surface area contributed by atoms with E-state index in [1.54, 1.807) is 29.1 Å². The Kier molecular flexibility index (Phi) is 5.38. The number of rotatable bonds is 4. The first-order chi connectivity index (χ1) is 13.5. The molecule has 0 bridgehead atoms. The van der Waals surface area contributed by atoms with Crippen LogP contribution >= 0.6 is 38.6 Å². The van der Waals surface area contributed by atoms with Gasteiger partial charge in [0.1, 0.15) is 6.54 Å². The van der Waals surface area contributed by atoms with E-state index in [-0.39, 0.29) is 18.4 Å². The summed E-state index contributed by atoms with van der Waals surface area (Å²) in [5, 5.41) is 0. The van der Waals surface area contributed by atoms with Gasteiger partial charge in [0.2, 0.25) is 0 Å². The molecule has 0 radical (unpaired) electrons. The molecule has 4 aromatic rings. The van der Waals surface area contributed by atoms with Crippen molar-refractivity contribution in [1.29, 1.82) is 0 Å². The molecule has 0 spiro atoms. The molecule has 0 aliphatic carbocycles. The zero-order valence-electron chi connectivity index (χ0n) is 14.7. The van der Waals surface area contributed by atoms with E-state index in [9.17, 15) is 9.59 Å². The summed E-state index contributed by atoms with van der Waals surface area (Å²) in [6.45, 7) is 2.05. The standard InChI is InChI=1S/C19H14BrN3O3S2/c1-2-26-17(24)9-23-14-6-4-12(20)8-16(14)28-19(23)22-18(25)11-3-5-13-15(7-11)27-10-21-13/h3-8,10H,2,9H2,1H3. The first kappa shape index (κ1) is 19.0. The van der Waals surface area contributed by atoms with Crippen LogP contribution in [0.5, 0.6) is 0 Å². The number of hydrogen-bond acceptors (Lipinski definition) is 6. The Labute approximate surface area is 176 Å². The zero-order valence-corrected chi connectivity index (χ0v) is 17.9. The van der Waals surface area contributed by atoms with Gasteiger partial charge < -0.3 is 9.30 Å². The molecule has 2 aromatic carbocycles. The van der Waals surface area contributed by atoms with E-state index in [0.717, 1.165) is 24.9 Å². The number of hydrogen-bond donors (Lipinski definition) is 0. The molecule has 6 nitrogen and oxygen atoms in total. The minimum atomic E-state index is -0.370. The van der Waals surface area contributed by atoms with Crippen LogP contribution in [-0.4, -0.2) is 28.0 Å². The third kappa shape index (κ3) is 3.78. The number of thiazole rings is 2. The van der Waals surface area contributed by atoms with Crippen molar-refractivity contribution >= 4 is 70.9 Å². The molecular weight excluding hydrogens is 462 g/mol. The average molecular weight is 476 g/mol. The number of benzene rings is 2. The fraction of sp³-hybridized carbons (Fsp3) is 0.158. The molecule has 0 aliphatic rings. The highest BCUT2D eigenvalue weighted by molar-refractivity contribution is 9.10. The van der Waals surface area contributed by atoms with E-state index in [1.165, 1.54) is 22.7 Å². The molecule has 0 unspecified atom stereocenters. The number of carbonyl (C=O) groups excluding carboxylic acids is 2. The van der Waals surface area contributed by atoms with Crippen LogP contribution < -0.4 is 4.80 Å². The van der Waals surface area contributed by atoms with Crippen molar-refractivity contribution in [2.45, 2.75) is 13.5 Å². The van der Waals surface area contributed by atoms with Crippen LogP contribution in [0.2, 0.25) is 0 Å². The largest absolute Gasteiger partial charge is 0.465 e. The number of nitrogens with zero attached hydrogens (tertiary/aromatic N) is 3. The van der Waals surface area contributed by atoms with Crippen molar-refractivity contribution in [3.63, 3.8) is 0 Å². The summed E-state index contributed by atoms with van der Waals surface area (Å²) in [6, 6.07) is 11.0. The second kappa shape index (κ2) is 7.94. The summed E-state index contributed by atoms with van der Waals surface area (Å²) in [4.78, 5) is 33.8. The normalized spacial score (nSPS) is 12.0. The van der Waals surface area contributed by atoms with Gasteiger partial charge in [-0.05, 0) is 43.3 Å². The molecule has 2 aromatic heterocycles. The lowest BCUT2D eigenvalue weighted by Gasteiger charge is -2.05. The maximum atomic E-state index is 12.8. The summed E-state index contributed by atoms with van der Waals surface area (Å²) in [6.07, 6.45) is 0. The van der Waals surface area contributed by atoms with Crippen LogP contribution in [0.25, 0.3) is 20.4 Å². The van der Waals surface area contributed by atoms with Crippen LogP contribution in [0.15, 0.2) is 51.4 Å². The maximum Gasteiger partial charge on any atom is 0.326 e. The van der Waals surface area contributed by atoms with Gasteiger partial charge in [-0.3, -0.25) is 9.59 Å². The highest BCUT2D eigenvalue weighted by Gasteiger charge is 2.13. The molecule has 0 N–H and O–H groups in total. The smallest absolute Gasteiger partial charge is 0.326 e. The number of amides is 1. The van der Waals surface area contributed by atoms with Gasteiger partial charge in [-0.25, -0.2) is 4.98 Å². The number of fused-ring (bicyclic) bond motifs is 2. The second-order valence-electron chi connectivity index (χ2n) is 5.84. The number of carbonyl (C=O) groups is 2. The first-order valence-corrected chi connectivity index (χ1v) is 10.9. The van der Waals surface area contributed by atoms with E-state index in [1.807, 2.05) is 24.3 Å². The van der Waals surface area contributed by atoms with Crippen molar-refractivity contribution in [3.8, 4) is 0 Å². The van der Waals surface area contributed by atoms with E-state index >= 15 is 0 Å². The maximum absolute atomic E-state index is 12.8. The van der Waals surface area contributed by atoms with Gasteiger partial charge in [-0.1, -0.05) is 27.3 Å². The summed E-state index contributed by atoms with van der Waals surface area (Å²) in [5.41, 5.74) is 3.90. The highest BCUT2D eigenvalue weighted by atomic mass is 79.9. The minimum Gasteiger partial charge on any atom is -0.465 e. The number of halogens is 1. The van der Waals surface area contributed by atoms with Crippen molar-refractivity contribution in [2.75, 3.05) is 6.61 Å². The quantitative estimate of drug-likeness (QED) is 0.410. The lowest BCUT2D eigenvalue weighted by Crippen LogP contribution is -2.23. The predicted molar refractivity (Wildman–Crippen MR) is 114 cm³/mol. The Bertz CT molecular complexity index is 1270. The summed E-state index contributed by atoms with van der Waals surface area (Å²) in [7, 11) is 0. The lowest BCUT2D eigenvalue weighted by molar-refractivity contribution is -0.143. The predicted octanol–water partition coefficient (Wildman–Crippen LogP) is 4.38. The van der Waals surface area contributed by atoms with Gasteiger partial charge in [0, 0.05) is 10.0 Å². The highest BCUT2D eigenvalue weighted by Crippen LogP contribution is 2.23. The van der Waals surface area contributed by atoms with Crippen molar-refractivity contribution in [2.24, 2.45) is 4.99 Å². The average Bonchev–Trinajstić information content (AvgIpc) is 3.26. The van der Waals surface area contributed by atoms with Gasteiger partial charge in [0.05, 0.1) is 32.6 Å². The second-order valence-corrected chi connectivity index (χ2v) is 8.65. The number of ether oxygens (including phenoxy) is 1. The molecule has 0 saturated carbocycles. The van der Waals surface area contributed by atoms with Gasteiger partial charge in [0.15, 0.2) is 4.80 Å². The zero-order chi connectivity index (χ0) is 19.7. The lowest BCUT2D eigenvalue weighted by atomic mass is 10.2. The monoisotopic (exact) mass is 475 g/mol. The van der Waals surface area contributed by atoms with Crippen molar-refractivity contribution in [3.05, 3.63) is 56.7 Å². The third-order valence-electron chi connectivity index (χ3n) is 4.01. The molecule has 1 amide bonds. The van der Waals surface area contributed by atoms with Crippen LogP contribution in [0.3, 0.4) is 0 Å². The Morgan fingerprint density at radius 2 is 2.07 bits per heavy atom. The molecule has 9 heteroatoms. The molecule has 28 heavy (non-hydrogen) atoms. The Hall–Kier alpha value is -2.36. The SMILES string of the molecule is CCOC(=O)Cn1c(=NC(=O)c2ccc3ncsc3c2)sc2cc(Br)ccc21. The van der Waals surface area contributed by atoms with Crippen LogP contribution in [-0.2, 0) is 16.1 Å². The molecule has 4 rings (SSSR count). The molecular formula is C19H14BrN3O3S2. The Morgan fingerprint density at radius 1 is 1.21 bits per heavy atom. The fourth-order valence-electron chi connectivity index (χ4n) is 2.76. The third-order valence-corrected chi connectivity index (χ3v) is 6.34. The van der Waals surface area contributed by atoms with Gasteiger partial charge in [0.25, 0.3) is 5.91 Å². The van der Waals surface area contributed by atoms with E-state index < -0.39 is 0 Å². The Morgan fingerprint density at radius 3 is 2.89 bits per heavy atom. The molecule has 0 saturated heterocycles. The first-order valence-electron chi connectivity index (χ1n) is 8.42.